The van der Waals surface area contributed by atoms with E-state index in [9.17, 15) is 8.42 Å². The molecule has 3 aromatic carbocycles. The molecular weight excluding hydrogens is 410 g/mol. The highest BCUT2D eigenvalue weighted by Crippen LogP contribution is 2.28. The Morgan fingerprint density at radius 2 is 1.71 bits per heavy atom. The number of hydrogen-bond acceptors (Lipinski definition) is 5. The molecule has 5 nitrogen and oxygen atoms in total. The van der Waals surface area contributed by atoms with Crippen molar-refractivity contribution in [2.75, 3.05) is 7.11 Å². The van der Waals surface area contributed by atoms with Gasteiger partial charge in [0.15, 0.2) is 11.3 Å². The summed E-state index contributed by atoms with van der Waals surface area (Å²) in [4.78, 5) is 4.79. The van der Waals surface area contributed by atoms with Gasteiger partial charge in [-0.1, -0.05) is 48.9 Å². The molecular formula is C25H23NO4S. The first-order chi connectivity index (χ1) is 14.9. The molecule has 0 spiro atoms. The molecule has 1 heterocycles. The number of para-hydroxylation sites is 1. The van der Waals surface area contributed by atoms with Crippen LogP contribution in [0.15, 0.2) is 92.0 Å². The summed E-state index contributed by atoms with van der Waals surface area (Å²) in [6, 6.07) is 21.3. The normalized spacial score (nSPS) is 12.3. The Morgan fingerprint density at radius 3 is 2.42 bits per heavy atom. The standard InChI is InChI=1S/C25H23NO4S/c1-4-18-7-5-9-20(15-18)26-25-23(31(27,28)21-13-11-17(2)12-14-21)16-19-8-6-10-22(29-3)24(19)30-25/h5-16H,4H2,1-3H3. The zero-order valence-electron chi connectivity index (χ0n) is 17.6. The van der Waals surface area contributed by atoms with Crippen LogP contribution in [0, 0.1) is 6.92 Å². The molecule has 4 rings (SSSR count). The lowest BCUT2D eigenvalue weighted by Crippen LogP contribution is -2.16. The van der Waals surface area contributed by atoms with Gasteiger partial charge in [0.05, 0.1) is 17.7 Å². The highest BCUT2D eigenvalue weighted by Gasteiger charge is 2.23. The number of rotatable bonds is 5. The number of methoxy groups -OCH3 is 1. The van der Waals surface area contributed by atoms with Crippen molar-refractivity contribution in [1.82, 2.24) is 0 Å². The van der Waals surface area contributed by atoms with Crippen molar-refractivity contribution in [3.63, 3.8) is 0 Å². The van der Waals surface area contributed by atoms with Crippen LogP contribution in [0.5, 0.6) is 5.75 Å². The highest BCUT2D eigenvalue weighted by atomic mass is 32.2. The number of aryl methyl sites for hydroxylation is 2. The van der Waals surface area contributed by atoms with Crippen molar-refractivity contribution in [3.05, 3.63) is 89.5 Å². The predicted molar refractivity (Wildman–Crippen MR) is 120 cm³/mol. The number of ether oxygens (including phenoxy) is 1. The molecule has 158 valence electrons. The van der Waals surface area contributed by atoms with Crippen molar-refractivity contribution < 1.29 is 17.6 Å². The quantitative estimate of drug-likeness (QED) is 0.424. The second-order valence-electron chi connectivity index (χ2n) is 7.25. The third-order valence-corrected chi connectivity index (χ3v) is 6.86. The van der Waals surface area contributed by atoms with Crippen molar-refractivity contribution in [2.45, 2.75) is 30.1 Å². The van der Waals surface area contributed by atoms with Gasteiger partial charge in [0.1, 0.15) is 4.90 Å². The van der Waals surface area contributed by atoms with Crippen LogP contribution >= 0.6 is 0 Å². The van der Waals surface area contributed by atoms with Gasteiger partial charge in [0.25, 0.3) is 0 Å². The lowest BCUT2D eigenvalue weighted by atomic mass is 10.1. The fourth-order valence-electron chi connectivity index (χ4n) is 3.34. The molecule has 1 aromatic heterocycles. The van der Waals surface area contributed by atoms with E-state index in [2.05, 4.69) is 11.9 Å². The molecule has 0 radical (unpaired) electrons. The Morgan fingerprint density at radius 1 is 0.968 bits per heavy atom. The summed E-state index contributed by atoms with van der Waals surface area (Å²) in [5, 5.41) is 0.617. The first kappa shape index (κ1) is 20.9. The average molecular weight is 434 g/mol. The monoisotopic (exact) mass is 433 g/mol. The van der Waals surface area contributed by atoms with E-state index < -0.39 is 9.84 Å². The Bertz CT molecular complexity index is 1420. The largest absolute Gasteiger partial charge is 0.493 e. The molecule has 0 saturated heterocycles. The summed E-state index contributed by atoms with van der Waals surface area (Å²) >= 11 is 0. The molecule has 0 bridgehead atoms. The van der Waals surface area contributed by atoms with Crippen LogP contribution in [0.1, 0.15) is 18.1 Å². The average Bonchev–Trinajstić information content (AvgIpc) is 2.78. The summed E-state index contributed by atoms with van der Waals surface area (Å²) in [5.41, 5.74) is 3.16. The van der Waals surface area contributed by atoms with Gasteiger partial charge >= 0.3 is 0 Å². The Kier molecular flexibility index (Phi) is 5.65. The van der Waals surface area contributed by atoms with Crippen molar-refractivity contribution in [1.29, 1.82) is 0 Å². The third-order valence-electron chi connectivity index (χ3n) is 5.10. The first-order valence-electron chi connectivity index (χ1n) is 9.98. The summed E-state index contributed by atoms with van der Waals surface area (Å²) in [6.07, 6.45) is 0.848. The second kappa shape index (κ2) is 8.40. The number of nitrogens with zero attached hydrogens (tertiary/aromatic N) is 1. The lowest BCUT2D eigenvalue weighted by Gasteiger charge is -2.09. The summed E-state index contributed by atoms with van der Waals surface area (Å²) in [5.74, 6) is 0.510. The molecule has 31 heavy (non-hydrogen) atoms. The molecule has 0 N–H and O–H groups in total. The van der Waals surface area contributed by atoms with Crippen LogP contribution < -0.4 is 10.3 Å². The number of benzene rings is 3. The molecule has 0 aliphatic rings. The first-order valence-corrected chi connectivity index (χ1v) is 11.5. The smallest absolute Gasteiger partial charge is 0.239 e. The lowest BCUT2D eigenvalue weighted by molar-refractivity contribution is 0.404. The van der Waals surface area contributed by atoms with Crippen LogP contribution in [0.4, 0.5) is 5.69 Å². The summed E-state index contributed by atoms with van der Waals surface area (Å²) in [6.45, 7) is 3.97. The van der Waals surface area contributed by atoms with Crippen molar-refractivity contribution in [2.24, 2.45) is 4.99 Å². The van der Waals surface area contributed by atoms with Crippen molar-refractivity contribution in [3.8, 4) is 5.75 Å². The van der Waals surface area contributed by atoms with E-state index >= 15 is 0 Å². The summed E-state index contributed by atoms with van der Waals surface area (Å²) in [7, 11) is -2.32. The minimum atomic E-state index is -3.86. The Labute approximate surface area is 181 Å². The van der Waals surface area contributed by atoms with Gasteiger partial charge in [0, 0.05) is 5.39 Å². The minimum Gasteiger partial charge on any atom is -0.493 e. The maximum Gasteiger partial charge on any atom is 0.239 e. The van der Waals surface area contributed by atoms with Gasteiger partial charge in [-0.3, -0.25) is 0 Å². The minimum absolute atomic E-state index is 0.0130. The molecule has 0 aliphatic heterocycles. The highest BCUT2D eigenvalue weighted by molar-refractivity contribution is 7.91. The topological polar surface area (TPSA) is 68.9 Å². The molecule has 0 fully saturated rings. The number of sulfone groups is 1. The fourth-order valence-corrected chi connectivity index (χ4v) is 4.69. The summed E-state index contributed by atoms with van der Waals surface area (Å²) < 4.78 is 38.5. The second-order valence-corrected chi connectivity index (χ2v) is 9.16. The Balaban J connectivity index is 2.04. The van der Waals surface area contributed by atoms with E-state index in [0.717, 1.165) is 17.5 Å². The van der Waals surface area contributed by atoms with E-state index in [0.29, 0.717) is 22.4 Å². The van der Waals surface area contributed by atoms with Gasteiger partial charge in [-0.25, -0.2) is 13.4 Å². The number of hydrogen-bond donors (Lipinski definition) is 0. The van der Waals surface area contributed by atoms with E-state index in [1.807, 2.05) is 31.2 Å². The molecule has 0 aliphatic carbocycles. The zero-order chi connectivity index (χ0) is 22.0. The van der Waals surface area contributed by atoms with Gasteiger partial charge in [-0.05, 0) is 55.3 Å². The van der Waals surface area contributed by atoms with Crippen molar-refractivity contribution >= 4 is 26.5 Å². The van der Waals surface area contributed by atoms with Gasteiger partial charge in [-0.2, -0.15) is 0 Å². The molecule has 0 atom stereocenters. The molecule has 0 saturated carbocycles. The van der Waals surface area contributed by atoms with E-state index in [-0.39, 0.29) is 15.3 Å². The molecule has 0 unspecified atom stereocenters. The SMILES string of the molecule is CCc1cccc(N=c2oc3c(OC)cccc3cc2S(=O)(=O)c2ccc(C)cc2)c1. The maximum absolute atomic E-state index is 13.5. The molecule has 0 amide bonds. The van der Waals surface area contributed by atoms with Crippen LogP contribution in [0.3, 0.4) is 0 Å². The van der Waals surface area contributed by atoms with Gasteiger partial charge in [0.2, 0.25) is 15.4 Å². The third kappa shape index (κ3) is 4.11. The maximum atomic E-state index is 13.5. The van der Waals surface area contributed by atoms with Crippen LogP contribution in [-0.4, -0.2) is 15.5 Å². The van der Waals surface area contributed by atoms with Crippen LogP contribution in [0.25, 0.3) is 11.0 Å². The van der Waals surface area contributed by atoms with Crippen LogP contribution in [0.2, 0.25) is 0 Å². The van der Waals surface area contributed by atoms with Crippen LogP contribution in [-0.2, 0) is 16.3 Å². The van der Waals surface area contributed by atoms with Gasteiger partial charge in [-0.15, -0.1) is 0 Å². The number of fused-ring (bicyclic) bond motifs is 1. The van der Waals surface area contributed by atoms with E-state index in [4.69, 9.17) is 9.15 Å². The molecule has 4 aromatic rings. The fraction of sp³-hybridized carbons (Fsp3) is 0.160. The van der Waals surface area contributed by atoms with Gasteiger partial charge < -0.3 is 9.15 Å². The zero-order valence-corrected chi connectivity index (χ0v) is 18.4. The van der Waals surface area contributed by atoms with E-state index in [1.54, 1.807) is 55.6 Å². The Hall–Kier alpha value is -3.38. The molecule has 6 heteroatoms. The predicted octanol–water partition coefficient (Wildman–Crippen LogP) is 5.38. The van der Waals surface area contributed by atoms with E-state index in [1.165, 1.54) is 0 Å².